The maximum absolute atomic E-state index is 11.1. The van der Waals surface area contributed by atoms with Crippen molar-refractivity contribution in [1.82, 2.24) is 9.97 Å². The molecule has 6 nitrogen and oxygen atoms in total. The van der Waals surface area contributed by atoms with Crippen molar-refractivity contribution in [2.24, 2.45) is 0 Å². The Balaban J connectivity index is 1.52. The molecule has 2 heterocycles. The van der Waals surface area contributed by atoms with Crippen LogP contribution in [0.3, 0.4) is 0 Å². The zero-order chi connectivity index (χ0) is 19.5. The second-order valence-electron chi connectivity index (χ2n) is 7.01. The molecule has 6 heteroatoms. The van der Waals surface area contributed by atoms with Gasteiger partial charge in [0, 0.05) is 43.1 Å². The minimum atomic E-state index is -0.0875. The van der Waals surface area contributed by atoms with Crippen LogP contribution in [-0.2, 0) is 17.8 Å². The highest BCUT2D eigenvalue weighted by atomic mass is 16.1. The van der Waals surface area contributed by atoms with E-state index in [2.05, 4.69) is 44.8 Å². The van der Waals surface area contributed by atoms with Gasteiger partial charge in [0.25, 0.3) is 0 Å². The second kappa shape index (κ2) is 7.68. The summed E-state index contributed by atoms with van der Waals surface area (Å²) < 4.78 is 0. The van der Waals surface area contributed by atoms with E-state index in [0.29, 0.717) is 5.95 Å². The number of nitrogens with zero attached hydrogens (tertiary/aromatic N) is 3. The Morgan fingerprint density at radius 1 is 1.00 bits per heavy atom. The maximum atomic E-state index is 11.1. The second-order valence-corrected chi connectivity index (χ2v) is 7.01. The first-order valence-corrected chi connectivity index (χ1v) is 9.39. The fraction of sp³-hybridized carbons (Fsp3) is 0.227. The number of rotatable bonds is 4. The highest BCUT2D eigenvalue weighted by molar-refractivity contribution is 5.88. The molecule has 1 aliphatic heterocycles. The van der Waals surface area contributed by atoms with Crippen molar-refractivity contribution in [3.63, 3.8) is 0 Å². The number of aryl methyl sites for hydroxylation is 1. The molecule has 4 rings (SSSR count). The molecule has 1 amide bonds. The molecule has 2 aromatic carbocycles. The predicted octanol–water partition coefficient (Wildman–Crippen LogP) is 4.05. The number of carbonyl (C=O) groups excluding carboxylic acids is 1. The van der Waals surface area contributed by atoms with Gasteiger partial charge >= 0.3 is 0 Å². The molecule has 3 aromatic rings. The molecule has 28 heavy (non-hydrogen) atoms. The zero-order valence-corrected chi connectivity index (χ0v) is 16.1. The normalized spacial score (nSPS) is 13.0. The fourth-order valence-electron chi connectivity index (χ4n) is 3.43. The number of aromatic nitrogens is 2. The highest BCUT2D eigenvalue weighted by Crippen LogP contribution is 2.25. The first kappa shape index (κ1) is 18.0. The summed E-state index contributed by atoms with van der Waals surface area (Å²) in [6.07, 6.45) is 1.02. The topological polar surface area (TPSA) is 70.2 Å². The molecule has 2 N–H and O–H groups in total. The van der Waals surface area contributed by atoms with E-state index < -0.39 is 0 Å². The SMILES string of the molecule is CC(=O)Nc1ccc(Nc2nc(C)cc(N3CCc4ccccc4C3)n2)cc1. The first-order chi connectivity index (χ1) is 13.6. The molecular weight excluding hydrogens is 350 g/mol. The Bertz CT molecular complexity index is 1000. The van der Waals surface area contributed by atoms with Crippen molar-refractivity contribution in [2.45, 2.75) is 26.8 Å². The number of benzene rings is 2. The standard InChI is InChI=1S/C22H23N5O/c1-15-13-21(27-12-11-17-5-3-4-6-18(17)14-27)26-22(23-15)25-20-9-7-19(8-10-20)24-16(2)28/h3-10,13H,11-12,14H2,1-2H3,(H,24,28)(H,23,25,26). The predicted molar refractivity (Wildman–Crippen MR) is 112 cm³/mol. The minimum Gasteiger partial charge on any atom is -0.352 e. The van der Waals surface area contributed by atoms with E-state index in [9.17, 15) is 4.79 Å². The third kappa shape index (κ3) is 4.11. The summed E-state index contributed by atoms with van der Waals surface area (Å²) in [5.41, 5.74) is 5.32. The van der Waals surface area contributed by atoms with Crippen molar-refractivity contribution >= 4 is 29.0 Å². The van der Waals surface area contributed by atoms with E-state index in [0.717, 1.165) is 42.4 Å². The molecule has 0 radical (unpaired) electrons. The van der Waals surface area contributed by atoms with Crippen molar-refractivity contribution in [3.8, 4) is 0 Å². The van der Waals surface area contributed by atoms with E-state index in [1.807, 2.05) is 37.3 Å². The average molecular weight is 373 g/mol. The highest BCUT2D eigenvalue weighted by Gasteiger charge is 2.18. The molecular formula is C22H23N5O. The van der Waals surface area contributed by atoms with Gasteiger partial charge < -0.3 is 15.5 Å². The van der Waals surface area contributed by atoms with Gasteiger partial charge in [-0.2, -0.15) is 4.98 Å². The van der Waals surface area contributed by atoms with Crippen molar-refractivity contribution in [2.75, 3.05) is 22.1 Å². The quantitative estimate of drug-likeness (QED) is 0.722. The van der Waals surface area contributed by atoms with Crippen LogP contribution in [0.4, 0.5) is 23.1 Å². The van der Waals surface area contributed by atoms with Gasteiger partial charge in [-0.3, -0.25) is 4.79 Å². The van der Waals surface area contributed by atoms with Gasteiger partial charge in [0.1, 0.15) is 5.82 Å². The molecule has 142 valence electrons. The Kier molecular flexibility index (Phi) is 4.93. The number of amides is 1. The van der Waals surface area contributed by atoms with E-state index in [1.165, 1.54) is 18.1 Å². The average Bonchev–Trinajstić information content (AvgIpc) is 2.68. The van der Waals surface area contributed by atoms with Crippen LogP contribution >= 0.6 is 0 Å². The number of nitrogens with one attached hydrogen (secondary N) is 2. The molecule has 0 aliphatic carbocycles. The van der Waals surface area contributed by atoms with Gasteiger partial charge in [-0.15, -0.1) is 0 Å². The lowest BCUT2D eigenvalue weighted by atomic mass is 10.00. The fourth-order valence-corrected chi connectivity index (χ4v) is 3.43. The molecule has 0 saturated heterocycles. The largest absolute Gasteiger partial charge is 0.352 e. The van der Waals surface area contributed by atoms with Crippen molar-refractivity contribution < 1.29 is 4.79 Å². The van der Waals surface area contributed by atoms with Crippen LogP contribution in [0.5, 0.6) is 0 Å². The molecule has 0 saturated carbocycles. The van der Waals surface area contributed by atoms with Crippen LogP contribution in [0, 0.1) is 6.92 Å². The molecule has 0 spiro atoms. The molecule has 0 fully saturated rings. The third-order valence-corrected chi connectivity index (χ3v) is 4.76. The first-order valence-electron chi connectivity index (χ1n) is 9.39. The van der Waals surface area contributed by atoms with Crippen molar-refractivity contribution in [3.05, 3.63) is 71.4 Å². The van der Waals surface area contributed by atoms with E-state index in [-0.39, 0.29) is 5.91 Å². The van der Waals surface area contributed by atoms with E-state index in [4.69, 9.17) is 4.98 Å². The smallest absolute Gasteiger partial charge is 0.229 e. The van der Waals surface area contributed by atoms with Gasteiger partial charge in [0.05, 0.1) is 0 Å². The maximum Gasteiger partial charge on any atom is 0.229 e. The summed E-state index contributed by atoms with van der Waals surface area (Å²) in [4.78, 5) is 22.7. The van der Waals surface area contributed by atoms with Gasteiger partial charge in [0.2, 0.25) is 11.9 Å². The van der Waals surface area contributed by atoms with Crippen LogP contribution < -0.4 is 15.5 Å². The third-order valence-electron chi connectivity index (χ3n) is 4.76. The number of hydrogen-bond acceptors (Lipinski definition) is 5. The van der Waals surface area contributed by atoms with Crippen LogP contribution in [0.2, 0.25) is 0 Å². The summed E-state index contributed by atoms with van der Waals surface area (Å²) >= 11 is 0. The molecule has 1 aromatic heterocycles. The number of carbonyl (C=O) groups is 1. The van der Waals surface area contributed by atoms with Gasteiger partial charge in [-0.05, 0) is 48.7 Å². The monoisotopic (exact) mass is 373 g/mol. The van der Waals surface area contributed by atoms with E-state index in [1.54, 1.807) is 0 Å². The van der Waals surface area contributed by atoms with Crippen LogP contribution in [0.15, 0.2) is 54.6 Å². The molecule has 0 bridgehead atoms. The lowest BCUT2D eigenvalue weighted by Crippen LogP contribution is -2.31. The summed E-state index contributed by atoms with van der Waals surface area (Å²) in [6.45, 7) is 5.27. The Hall–Kier alpha value is -3.41. The summed E-state index contributed by atoms with van der Waals surface area (Å²) in [7, 11) is 0. The van der Waals surface area contributed by atoms with Gasteiger partial charge in [-0.1, -0.05) is 24.3 Å². The lowest BCUT2D eigenvalue weighted by molar-refractivity contribution is -0.114. The summed E-state index contributed by atoms with van der Waals surface area (Å²) in [6, 6.07) is 18.1. The van der Waals surface area contributed by atoms with Gasteiger partial charge in [0.15, 0.2) is 0 Å². The lowest BCUT2D eigenvalue weighted by Gasteiger charge is -2.30. The number of hydrogen-bond donors (Lipinski definition) is 2. The number of fused-ring (bicyclic) bond motifs is 1. The Morgan fingerprint density at radius 2 is 1.71 bits per heavy atom. The van der Waals surface area contributed by atoms with Crippen LogP contribution in [0.25, 0.3) is 0 Å². The van der Waals surface area contributed by atoms with Crippen molar-refractivity contribution in [1.29, 1.82) is 0 Å². The van der Waals surface area contributed by atoms with Crippen LogP contribution in [0.1, 0.15) is 23.7 Å². The Morgan fingerprint density at radius 3 is 2.46 bits per heavy atom. The molecule has 1 aliphatic rings. The molecule has 0 unspecified atom stereocenters. The van der Waals surface area contributed by atoms with E-state index >= 15 is 0 Å². The molecule has 0 atom stereocenters. The number of anilines is 4. The summed E-state index contributed by atoms with van der Waals surface area (Å²) in [5, 5.41) is 6.02. The summed E-state index contributed by atoms with van der Waals surface area (Å²) in [5.74, 6) is 1.41. The Labute approximate surface area is 164 Å². The van der Waals surface area contributed by atoms with Gasteiger partial charge in [-0.25, -0.2) is 4.98 Å². The zero-order valence-electron chi connectivity index (χ0n) is 16.1. The minimum absolute atomic E-state index is 0.0875. The van der Waals surface area contributed by atoms with Crippen LogP contribution in [-0.4, -0.2) is 22.4 Å².